The molecule has 4 N–H and O–H groups in total. The first-order valence-electron chi connectivity index (χ1n) is 13.2. The Balaban J connectivity index is 1.22. The number of anilines is 1. The molecule has 0 radical (unpaired) electrons. The summed E-state index contributed by atoms with van der Waals surface area (Å²) in [5, 5.41) is 24.6. The molecule has 2 heterocycles. The van der Waals surface area contributed by atoms with Gasteiger partial charge in [0.05, 0.1) is 78.1 Å². The van der Waals surface area contributed by atoms with E-state index < -0.39 is 36.0 Å². The Bertz CT molecular complexity index is 1010. The number of aliphatic carboxylic acids is 1. The van der Waals surface area contributed by atoms with E-state index in [1.165, 1.54) is 0 Å². The Morgan fingerprint density at radius 1 is 0.900 bits per heavy atom. The summed E-state index contributed by atoms with van der Waals surface area (Å²) in [5.74, 6) is -2.34. The van der Waals surface area contributed by atoms with Gasteiger partial charge in [-0.25, -0.2) is 0 Å². The minimum atomic E-state index is -1.27. The molecule has 0 aromatic heterocycles. The predicted molar refractivity (Wildman–Crippen MR) is 139 cm³/mol. The topological polar surface area (TPSA) is 182 Å². The summed E-state index contributed by atoms with van der Waals surface area (Å²) in [6, 6.07) is 4.17. The lowest BCUT2D eigenvalue weighted by Crippen LogP contribution is -2.53. The van der Waals surface area contributed by atoms with Gasteiger partial charge in [-0.05, 0) is 12.5 Å². The summed E-state index contributed by atoms with van der Waals surface area (Å²) in [6.07, 6.45) is -1.03. The molecule has 1 aromatic carbocycles. The predicted octanol–water partition coefficient (Wildman–Crippen LogP) is -0.0919. The van der Waals surface area contributed by atoms with E-state index in [1.807, 2.05) is 0 Å². The molecule has 3 rings (SSSR count). The Labute approximate surface area is 231 Å². The largest absolute Gasteiger partial charge is 0.481 e. The zero-order valence-corrected chi connectivity index (χ0v) is 22.3. The molecule has 222 valence electrons. The first kappa shape index (κ1) is 31.4. The van der Waals surface area contributed by atoms with E-state index in [0.29, 0.717) is 82.8 Å². The number of fused-ring (bicyclic) bond motifs is 1. The third-order valence-electron chi connectivity index (χ3n) is 6.14. The highest BCUT2D eigenvalue weighted by Gasteiger charge is 2.45. The first-order chi connectivity index (χ1) is 19.4. The van der Waals surface area contributed by atoms with Crippen LogP contribution in [0.4, 0.5) is 5.69 Å². The fraction of sp³-hybridized carbons (Fsp3) is 0.615. The fourth-order valence-electron chi connectivity index (χ4n) is 4.22. The molecule has 40 heavy (non-hydrogen) atoms. The summed E-state index contributed by atoms with van der Waals surface area (Å²) < 4.78 is 26.8. The number of hydrogen-bond donors (Lipinski definition) is 4. The van der Waals surface area contributed by atoms with Crippen LogP contribution in [-0.4, -0.2) is 117 Å². The average molecular weight is 568 g/mol. The van der Waals surface area contributed by atoms with E-state index in [1.54, 1.807) is 18.2 Å². The number of imide groups is 1. The molecule has 2 aliphatic heterocycles. The number of nitrogens with zero attached hydrogens (tertiary/aromatic N) is 1. The number of aliphatic hydroxyl groups excluding tert-OH is 1. The number of benzene rings is 1. The van der Waals surface area contributed by atoms with Crippen molar-refractivity contribution in [1.82, 2.24) is 10.2 Å². The molecule has 14 heteroatoms. The van der Waals surface area contributed by atoms with Crippen molar-refractivity contribution in [2.45, 2.75) is 31.5 Å². The summed E-state index contributed by atoms with van der Waals surface area (Å²) in [6.45, 7) is 4.04. The second-order valence-electron chi connectivity index (χ2n) is 8.96. The Morgan fingerprint density at radius 2 is 1.48 bits per heavy atom. The van der Waals surface area contributed by atoms with Crippen LogP contribution in [0, 0.1) is 0 Å². The van der Waals surface area contributed by atoms with Gasteiger partial charge in [-0.3, -0.25) is 29.4 Å². The maximum absolute atomic E-state index is 13.1. The van der Waals surface area contributed by atoms with E-state index in [9.17, 15) is 24.3 Å². The van der Waals surface area contributed by atoms with E-state index in [2.05, 4.69) is 10.6 Å². The van der Waals surface area contributed by atoms with E-state index in [4.69, 9.17) is 28.8 Å². The standard InChI is InChI=1S/C26H37N3O11/c30-21-5-4-20(24(33)28-21)29-25(34)18-2-1-3-19(23(18)26(29)35)27-7-9-37-11-13-39-15-17-40-16-14-38-12-10-36-8-6-22(31)32/h1-3,20,25,27,34H,4-17H2,(H,31,32)(H,28,30,33). The highest BCUT2D eigenvalue weighted by Crippen LogP contribution is 2.38. The van der Waals surface area contributed by atoms with Gasteiger partial charge in [-0.2, -0.15) is 0 Å². The van der Waals surface area contributed by atoms with Crippen LogP contribution < -0.4 is 10.6 Å². The molecule has 0 bridgehead atoms. The van der Waals surface area contributed by atoms with Gasteiger partial charge >= 0.3 is 5.97 Å². The number of carbonyl (C=O) groups is 4. The van der Waals surface area contributed by atoms with E-state index >= 15 is 0 Å². The van der Waals surface area contributed by atoms with Crippen LogP contribution in [0.2, 0.25) is 0 Å². The second kappa shape index (κ2) is 16.8. The lowest BCUT2D eigenvalue weighted by molar-refractivity contribution is -0.140. The number of aliphatic hydroxyl groups is 1. The molecule has 1 aromatic rings. The van der Waals surface area contributed by atoms with Crippen LogP contribution in [-0.2, 0) is 38.1 Å². The Kier molecular flexibility index (Phi) is 13.2. The second-order valence-corrected chi connectivity index (χ2v) is 8.96. The number of ether oxygens (including phenoxy) is 5. The van der Waals surface area contributed by atoms with Crippen LogP contribution in [0.1, 0.15) is 41.4 Å². The van der Waals surface area contributed by atoms with Crippen molar-refractivity contribution in [1.29, 1.82) is 0 Å². The van der Waals surface area contributed by atoms with Crippen molar-refractivity contribution in [2.24, 2.45) is 0 Å². The smallest absolute Gasteiger partial charge is 0.305 e. The molecule has 2 atom stereocenters. The van der Waals surface area contributed by atoms with Crippen molar-refractivity contribution >= 4 is 29.4 Å². The normalized spacial score (nSPS) is 18.6. The monoisotopic (exact) mass is 567 g/mol. The highest BCUT2D eigenvalue weighted by molar-refractivity contribution is 6.08. The van der Waals surface area contributed by atoms with Crippen molar-refractivity contribution < 1.29 is 53.1 Å². The zero-order valence-electron chi connectivity index (χ0n) is 22.3. The van der Waals surface area contributed by atoms with Gasteiger partial charge < -0.3 is 39.2 Å². The molecule has 0 saturated carbocycles. The summed E-state index contributed by atoms with van der Waals surface area (Å²) in [4.78, 5) is 48.3. The van der Waals surface area contributed by atoms with Gasteiger partial charge in [-0.1, -0.05) is 12.1 Å². The number of carboxylic acids is 1. The molecule has 0 spiro atoms. The van der Waals surface area contributed by atoms with Crippen molar-refractivity contribution in [2.75, 3.05) is 77.9 Å². The van der Waals surface area contributed by atoms with Crippen LogP contribution in [0.15, 0.2) is 18.2 Å². The molecule has 2 aliphatic rings. The fourth-order valence-corrected chi connectivity index (χ4v) is 4.22. The quantitative estimate of drug-likeness (QED) is 0.122. The first-order valence-corrected chi connectivity index (χ1v) is 13.2. The Morgan fingerprint density at radius 3 is 2.05 bits per heavy atom. The third-order valence-corrected chi connectivity index (χ3v) is 6.14. The minimum Gasteiger partial charge on any atom is -0.481 e. The number of hydrogen-bond acceptors (Lipinski definition) is 11. The van der Waals surface area contributed by atoms with Crippen molar-refractivity contribution in [3.8, 4) is 0 Å². The van der Waals surface area contributed by atoms with Gasteiger partial charge in [0, 0.05) is 24.2 Å². The lowest BCUT2D eigenvalue weighted by Gasteiger charge is -2.31. The average Bonchev–Trinajstić information content (AvgIpc) is 3.18. The molecule has 14 nitrogen and oxygen atoms in total. The van der Waals surface area contributed by atoms with Gasteiger partial charge in [0.2, 0.25) is 11.8 Å². The number of piperidine rings is 1. The number of amides is 3. The van der Waals surface area contributed by atoms with Gasteiger partial charge in [0.25, 0.3) is 5.91 Å². The van der Waals surface area contributed by atoms with Crippen LogP contribution in [0.25, 0.3) is 0 Å². The lowest BCUT2D eigenvalue weighted by atomic mass is 10.0. The summed E-state index contributed by atoms with van der Waals surface area (Å²) >= 11 is 0. The summed E-state index contributed by atoms with van der Waals surface area (Å²) in [7, 11) is 0. The minimum absolute atomic E-state index is 0.0249. The zero-order chi connectivity index (χ0) is 28.7. The van der Waals surface area contributed by atoms with E-state index in [-0.39, 0.29) is 25.9 Å². The van der Waals surface area contributed by atoms with E-state index in [0.717, 1.165) is 4.90 Å². The van der Waals surface area contributed by atoms with Crippen LogP contribution in [0.3, 0.4) is 0 Å². The van der Waals surface area contributed by atoms with Gasteiger partial charge in [-0.15, -0.1) is 0 Å². The molecule has 0 aliphatic carbocycles. The summed E-state index contributed by atoms with van der Waals surface area (Å²) in [5.41, 5.74) is 1.24. The molecular formula is C26H37N3O11. The number of carbonyl (C=O) groups excluding carboxylic acids is 3. The molecule has 1 fully saturated rings. The van der Waals surface area contributed by atoms with Gasteiger partial charge in [0.1, 0.15) is 6.04 Å². The number of nitrogens with one attached hydrogen (secondary N) is 2. The molecule has 1 saturated heterocycles. The van der Waals surface area contributed by atoms with Crippen molar-refractivity contribution in [3.63, 3.8) is 0 Å². The molecule has 3 amide bonds. The van der Waals surface area contributed by atoms with Crippen LogP contribution >= 0.6 is 0 Å². The molecule has 2 unspecified atom stereocenters. The highest BCUT2D eigenvalue weighted by atomic mass is 16.6. The number of rotatable bonds is 20. The maximum atomic E-state index is 13.1. The van der Waals surface area contributed by atoms with Crippen LogP contribution in [0.5, 0.6) is 0 Å². The van der Waals surface area contributed by atoms with Crippen molar-refractivity contribution in [3.05, 3.63) is 29.3 Å². The third kappa shape index (κ3) is 9.50. The Hall–Kier alpha value is -3.14. The maximum Gasteiger partial charge on any atom is 0.305 e. The number of carboxylic acid groups (broad SMARTS) is 1. The van der Waals surface area contributed by atoms with Gasteiger partial charge in [0.15, 0.2) is 6.23 Å². The molecular weight excluding hydrogens is 530 g/mol. The SMILES string of the molecule is O=C(O)CCOCCOCCOCCOCCOCCNc1cccc2c1C(=O)N(C1CCC(=O)NC1=O)C2O.